The zero-order valence-corrected chi connectivity index (χ0v) is 12.0. The summed E-state index contributed by atoms with van der Waals surface area (Å²) in [7, 11) is 2.11. The molecule has 0 rings (SSSR count). The molecule has 0 spiro atoms. The van der Waals surface area contributed by atoms with Crippen LogP contribution in [0.2, 0.25) is 0 Å². The van der Waals surface area contributed by atoms with Gasteiger partial charge < -0.3 is 4.90 Å². The third-order valence-electron chi connectivity index (χ3n) is 2.02. The minimum Gasteiger partial charge on any atom is -0.380 e. The minimum absolute atomic E-state index is 0.345. The molecular weight excluding hydrogens is 206 g/mol. The normalized spacial score (nSPS) is 13.7. The zero-order chi connectivity index (χ0) is 13.1. The molecule has 0 aromatic carbocycles. The zero-order valence-electron chi connectivity index (χ0n) is 12.0. The third-order valence-corrected chi connectivity index (χ3v) is 2.02. The fourth-order valence-corrected chi connectivity index (χ4v) is 1.50. The van der Waals surface area contributed by atoms with Crippen LogP contribution in [0.3, 0.4) is 0 Å². The molecular formula is C16H27N. The highest BCUT2D eigenvalue weighted by Crippen LogP contribution is 2.13. The number of nitrogens with zero attached hydrogens (tertiary/aromatic N) is 1. The number of hydrogen-bond donors (Lipinski definition) is 0. The standard InChI is InChI=1S/C16H27N/c1-6-7-8-9-10-11-12-13-14-17(5)15-16(2,3)4/h6-9,11-14H,10,15H2,1-5H3/b7-6-,9-8-,12-11-,14-13-. The Bertz CT molecular complexity index is 287. The van der Waals surface area contributed by atoms with E-state index in [0.29, 0.717) is 5.41 Å². The number of allylic oxidation sites excluding steroid dienone is 7. The molecule has 0 unspecified atom stereocenters. The smallest absolute Gasteiger partial charge is 0.0217 e. The topological polar surface area (TPSA) is 3.24 Å². The van der Waals surface area contributed by atoms with Gasteiger partial charge in [0.25, 0.3) is 0 Å². The Hall–Kier alpha value is -1.24. The van der Waals surface area contributed by atoms with Gasteiger partial charge in [0.05, 0.1) is 0 Å². The molecule has 0 aliphatic heterocycles. The van der Waals surface area contributed by atoms with Crippen LogP contribution < -0.4 is 0 Å². The summed E-state index contributed by atoms with van der Waals surface area (Å²) in [6.45, 7) is 9.84. The lowest BCUT2D eigenvalue weighted by Crippen LogP contribution is -2.24. The van der Waals surface area contributed by atoms with Crippen molar-refractivity contribution in [2.45, 2.75) is 34.1 Å². The number of hydrogen-bond acceptors (Lipinski definition) is 1. The summed E-state index contributed by atoms with van der Waals surface area (Å²) in [6, 6.07) is 0. The Kier molecular flexibility index (Phi) is 8.21. The Balaban J connectivity index is 3.82. The summed E-state index contributed by atoms with van der Waals surface area (Å²) < 4.78 is 0. The van der Waals surface area contributed by atoms with E-state index in [1.54, 1.807) is 0 Å². The summed E-state index contributed by atoms with van der Waals surface area (Å²) in [4.78, 5) is 2.22. The largest absolute Gasteiger partial charge is 0.380 e. The van der Waals surface area contributed by atoms with Crippen molar-refractivity contribution in [3.8, 4) is 0 Å². The van der Waals surface area contributed by atoms with Gasteiger partial charge in [-0.05, 0) is 31.0 Å². The van der Waals surface area contributed by atoms with Gasteiger partial charge in [-0.25, -0.2) is 0 Å². The van der Waals surface area contributed by atoms with E-state index in [9.17, 15) is 0 Å². The quantitative estimate of drug-likeness (QED) is 0.608. The second-order valence-corrected chi connectivity index (χ2v) is 5.44. The molecule has 0 atom stereocenters. The molecule has 96 valence electrons. The van der Waals surface area contributed by atoms with Gasteiger partial charge in [-0.2, -0.15) is 0 Å². The van der Waals surface area contributed by atoms with Crippen molar-refractivity contribution < 1.29 is 0 Å². The lowest BCUT2D eigenvalue weighted by atomic mass is 9.96. The first kappa shape index (κ1) is 15.8. The van der Waals surface area contributed by atoms with E-state index >= 15 is 0 Å². The van der Waals surface area contributed by atoms with Crippen LogP contribution in [0, 0.1) is 5.41 Å². The van der Waals surface area contributed by atoms with Crippen LogP contribution in [-0.2, 0) is 0 Å². The molecule has 1 nitrogen and oxygen atoms in total. The van der Waals surface area contributed by atoms with E-state index in [0.717, 1.165) is 13.0 Å². The second kappa shape index (κ2) is 8.86. The first-order valence-corrected chi connectivity index (χ1v) is 6.27. The first-order chi connectivity index (χ1) is 7.95. The van der Waals surface area contributed by atoms with Gasteiger partial charge >= 0.3 is 0 Å². The van der Waals surface area contributed by atoms with Crippen LogP contribution in [0.5, 0.6) is 0 Å². The molecule has 0 saturated carbocycles. The average Bonchev–Trinajstić information content (AvgIpc) is 2.19. The summed E-state index contributed by atoms with van der Waals surface area (Å²) in [5.74, 6) is 0. The predicted molar refractivity (Wildman–Crippen MR) is 78.9 cm³/mol. The van der Waals surface area contributed by atoms with Crippen LogP contribution >= 0.6 is 0 Å². The van der Waals surface area contributed by atoms with Crippen molar-refractivity contribution in [2.75, 3.05) is 13.6 Å². The molecule has 0 N–H and O–H groups in total. The van der Waals surface area contributed by atoms with Gasteiger partial charge in [-0.1, -0.05) is 57.2 Å². The van der Waals surface area contributed by atoms with Crippen molar-refractivity contribution >= 4 is 0 Å². The predicted octanol–water partition coefficient (Wildman–Crippen LogP) is 4.56. The molecule has 0 aliphatic carbocycles. The van der Waals surface area contributed by atoms with Crippen LogP contribution in [0.25, 0.3) is 0 Å². The highest BCUT2D eigenvalue weighted by molar-refractivity contribution is 5.07. The summed E-state index contributed by atoms with van der Waals surface area (Å²) in [6.07, 6.45) is 17.7. The monoisotopic (exact) mass is 233 g/mol. The van der Waals surface area contributed by atoms with Crippen LogP contribution in [0.4, 0.5) is 0 Å². The molecule has 0 aromatic heterocycles. The van der Waals surface area contributed by atoms with Crippen molar-refractivity contribution in [3.05, 3.63) is 48.7 Å². The lowest BCUT2D eigenvalue weighted by molar-refractivity contribution is 0.285. The molecule has 0 heterocycles. The molecule has 0 radical (unpaired) electrons. The fraction of sp³-hybridized carbons (Fsp3) is 0.500. The maximum atomic E-state index is 2.25. The maximum absolute atomic E-state index is 2.25. The maximum Gasteiger partial charge on any atom is 0.0217 e. The van der Waals surface area contributed by atoms with Crippen LogP contribution in [-0.4, -0.2) is 18.5 Å². The van der Waals surface area contributed by atoms with Crippen molar-refractivity contribution in [3.63, 3.8) is 0 Å². The Morgan fingerprint density at radius 2 is 1.53 bits per heavy atom. The third kappa shape index (κ3) is 12.7. The lowest BCUT2D eigenvalue weighted by Gasteiger charge is -2.25. The fourth-order valence-electron chi connectivity index (χ4n) is 1.50. The minimum atomic E-state index is 0.345. The van der Waals surface area contributed by atoms with Gasteiger partial charge in [0.2, 0.25) is 0 Å². The summed E-state index contributed by atoms with van der Waals surface area (Å²) in [5.41, 5.74) is 0.345. The highest BCUT2D eigenvalue weighted by atomic mass is 15.1. The summed E-state index contributed by atoms with van der Waals surface area (Å²) in [5, 5.41) is 0. The molecule has 0 amide bonds. The van der Waals surface area contributed by atoms with Gasteiger partial charge in [0, 0.05) is 13.6 Å². The van der Waals surface area contributed by atoms with E-state index < -0.39 is 0 Å². The second-order valence-electron chi connectivity index (χ2n) is 5.44. The van der Waals surface area contributed by atoms with Gasteiger partial charge in [0.1, 0.15) is 0 Å². The Morgan fingerprint density at radius 3 is 2.06 bits per heavy atom. The van der Waals surface area contributed by atoms with Crippen LogP contribution in [0.15, 0.2) is 48.7 Å². The van der Waals surface area contributed by atoms with Crippen molar-refractivity contribution in [1.29, 1.82) is 0 Å². The Labute approximate surface area is 107 Å². The average molecular weight is 233 g/mol. The SMILES string of the molecule is C/C=C\C=C/C/C=C\C=C/N(C)CC(C)(C)C. The van der Waals surface area contributed by atoms with E-state index in [-0.39, 0.29) is 0 Å². The van der Waals surface area contributed by atoms with Crippen LogP contribution in [0.1, 0.15) is 34.1 Å². The van der Waals surface area contributed by atoms with Gasteiger partial charge in [-0.3, -0.25) is 0 Å². The molecule has 17 heavy (non-hydrogen) atoms. The summed E-state index contributed by atoms with van der Waals surface area (Å²) >= 11 is 0. The Morgan fingerprint density at radius 1 is 0.941 bits per heavy atom. The molecule has 1 heteroatoms. The molecule has 0 saturated heterocycles. The van der Waals surface area contributed by atoms with Crippen molar-refractivity contribution in [1.82, 2.24) is 4.90 Å². The molecule has 0 fully saturated rings. The van der Waals surface area contributed by atoms with E-state index in [4.69, 9.17) is 0 Å². The number of rotatable bonds is 6. The first-order valence-electron chi connectivity index (χ1n) is 6.27. The van der Waals surface area contributed by atoms with E-state index in [1.165, 1.54) is 0 Å². The van der Waals surface area contributed by atoms with E-state index in [2.05, 4.69) is 69.3 Å². The van der Waals surface area contributed by atoms with Gasteiger partial charge in [0.15, 0.2) is 0 Å². The molecule has 0 bridgehead atoms. The van der Waals surface area contributed by atoms with E-state index in [1.807, 2.05) is 19.1 Å². The highest BCUT2D eigenvalue weighted by Gasteiger charge is 2.10. The van der Waals surface area contributed by atoms with Crippen molar-refractivity contribution in [2.24, 2.45) is 5.41 Å². The molecule has 0 aliphatic rings. The van der Waals surface area contributed by atoms with Gasteiger partial charge in [-0.15, -0.1) is 0 Å². The molecule has 0 aromatic rings.